The lowest BCUT2D eigenvalue weighted by Crippen LogP contribution is -2.27. The Kier molecular flexibility index (Phi) is 4.46. The van der Waals surface area contributed by atoms with Crippen molar-refractivity contribution in [2.45, 2.75) is 13.3 Å². The highest BCUT2D eigenvalue weighted by Crippen LogP contribution is 2.10. The molecular formula is C16H16N6O2. The van der Waals surface area contributed by atoms with Crippen LogP contribution in [0.25, 0.3) is 11.0 Å². The van der Waals surface area contributed by atoms with E-state index in [1.54, 1.807) is 24.3 Å². The molecule has 24 heavy (non-hydrogen) atoms. The fourth-order valence-electron chi connectivity index (χ4n) is 2.19. The number of carbonyl (C=O) groups is 2. The number of carbonyl (C=O) groups excluding carboxylic acids is 2. The van der Waals surface area contributed by atoms with E-state index in [0.29, 0.717) is 22.4 Å². The lowest BCUT2D eigenvalue weighted by molar-refractivity contribution is -0.116. The third kappa shape index (κ3) is 3.72. The molecule has 8 heteroatoms. The van der Waals surface area contributed by atoms with E-state index in [2.05, 4.69) is 31.0 Å². The summed E-state index contributed by atoms with van der Waals surface area (Å²) in [4.78, 5) is 28.1. The van der Waals surface area contributed by atoms with Crippen LogP contribution in [0.5, 0.6) is 0 Å². The fraction of sp³-hybridized carbons (Fsp3) is 0.188. The van der Waals surface area contributed by atoms with E-state index in [9.17, 15) is 9.59 Å². The highest BCUT2D eigenvalue weighted by atomic mass is 16.2. The van der Waals surface area contributed by atoms with E-state index in [1.165, 1.54) is 0 Å². The average molecular weight is 324 g/mol. The van der Waals surface area contributed by atoms with Crippen molar-refractivity contribution < 1.29 is 9.59 Å². The number of pyridine rings is 1. The summed E-state index contributed by atoms with van der Waals surface area (Å²) in [6, 6.07) is 10.4. The van der Waals surface area contributed by atoms with Crippen LogP contribution in [0.15, 0.2) is 36.4 Å². The normalized spacial score (nSPS) is 10.5. The number of aryl methyl sites for hydroxylation is 1. The summed E-state index contributed by atoms with van der Waals surface area (Å²) in [5, 5.41) is 15.8. The topological polar surface area (TPSA) is 113 Å². The molecule has 2 aromatic heterocycles. The van der Waals surface area contributed by atoms with Crippen molar-refractivity contribution in [3.63, 3.8) is 0 Å². The summed E-state index contributed by atoms with van der Waals surface area (Å²) in [6.07, 6.45) is 0.160. The molecule has 2 heterocycles. The molecule has 0 radical (unpaired) electrons. The van der Waals surface area contributed by atoms with Gasteiger partial charge in [0.05, 0.1) is 0 Å². The third-order valence-electron chi connectivity index (χ3n) is 3.37. The summed E-state index contributed by atoms with van der Waals surface area (Å²) in [6.45, 7) is 2.08. The molecule has 0 unspecified atom stereocenters. The molecule has 0 bridgehead atoms. The molecule has 0 fully saturated rings. The fourth-order valence-corrected chi connectivity index (χ4v) is 2.19. The largest absolute Gasteiger partial charge is 0.352 e. The van der Waals surface area contributed by atoms with Gasteiger partial charge in [0.15, 0.2) is 0 Å². The standard InChI is InChI=1S/C16H16N6O2/c1-10-3-2-4-14(18-10)19-15(23)7-8-17-16(24)11-5-6-12-13(9-11)21-22-20-12/h2-6,9H,7-8H2,1H3,(H,17,24)(H,18,19,23)(H,20,21,22). The summed E-state index contributed by atoms with van der Waals surface area (Å²) >= 11 is 0. The van der Waals surface area contributed by atoms with Crippen LogP contribution in [0, 0.1) is 6.92 Å². The van der Waals surface area contributed by atoms with Crippen molar-refractivity contribution >= 4 is 28.7 Å². The number of anilines is 1. The molecule has 3 rings (SSSR count). The Bertz CT molecular complexity index is 889. The first-order valence-corrected chi connectivity index (χ1v) is 7.44. The number of aromatic nitrogens is 4. The number of hydrogen-bond acceptors (Lipinski definition) is 5. The second-order valence-corrected chi connectivity index (χ2v) is 5.25. The van der Waals surface area contributed by atoms with Gasteiger partial charge in [-0.1, -0.05) is 6.07 Å². The third-order valence-corrected chi connectivity index (χ3v) is 3.37. The number of hydrogen-bond donors (Lipinski definition) is 3. The number of amides is 2. The van der Waals surface area contributed by atoms with Crippen LogP contribution in [-0.2, 0) is 4.79 Å². The average Bonchev–Trinajstić information content (AvgIpc) is 3.02. The van der Waals surface area contributed by atoms with Gasteiger partial charge < -0.3 is 10.6 Å². The molecule has 2 amide bonds. The molecule has 0 saturated heterocycles. The predicted octanol–water partition coefficient (Wildman–Crippen LogP) is 1.42. The Morgan fingerprint density at radius 2 is 1.96 bits per heavy atom. The zero-order chi connectivity index (χ0) is 16.9. The molecule has 0 atom stereocenters. The zero-order valence-electron chi connectivity index (χ0n) is 13.0. The summed E-state index contributed by atoms with van der Waals surface area (Å²) < 4.78 is 0. The van der Waals surface area contributed by atoms with E-state index in [0.717, 1.165) is 5.69 Å². The van der Waals surface area contributed by atoms with Gasteiger partial charge in [-0.05, 0) is 37.3 Å². The van der Waals surface area contributed by atoms with Crippen molar-refractivity contribution in [2.75, 3.05) is 11.9 Å². The van der Waals surface area contributed by atoms with E-state index in [-0.39, 0.29) is 24.8 Å². The van der Waals surface area contributed by atoms with Gasteiger partial charge in [0.25, 0.3) is 5.91 Å². The molecule has 0 saturated carbocycles. The number of H-pyrrole nitrogens is 1. The van der Waals surface area contributed by atoms with Crippen molar-refractivity contribution in [1.29, 1.82) is 0 Å². The maximum atomic E-state index is 12.1. The van der Waals surface area contributed by atoms with Gasteiger partial charge in [0.1, 0.15) is 16.9 Å². The molecule has 0 spiro atoms. The van der Waals surface area contributed by atoms with Gasteiger partial charge in [0, 0.05) is 24.2 Å². The van der Waals surface area contributed by atoms with Crippen molar-refractivity contribution in [1.82, 2.24) is 25.7 Å². The Morgan fingerprint density at radius 1 is 1.12 bits per heavy atom. The number of aromatic amines is 1. The molecular weight excluding hydrogens is 308 g/mol. The van der Waals surface area contributed by atoms with Crippen molar-refractivity contribution in [2.24, 2.45) is 0 Å². The number of nitrogens with one attached hydrogen (secondary N) is 3. The highest BCUT2D eigenvalue weighted by Gasteiger charge is 2.09. The van der Waals surface area contributed by atoms with E-state index >= 15 is 0 Å². The molecule has 8 nitrogen and oxygen atoms in total. The van der Waals surface area contributed by atoms with Crippen LogP contribution < -0.4 is 10.6 Å². The van der Waals surface area contributed by atoms with Gasteiger partial charge >= 0.3 is 0 Å². The van der Waals surface area contributed by atoms with Gasteiger partial charge in [0.2, 0.25) is 5.91 Å². The highest BCUT2D eigenvalue weighted by molar-refractivity contribution is 5.97. The molecule has 122 valence electrons. The Balaban J connectivity index is 1.50. The molecule has 0 aliphatic heterocycles. The van der Waals surface area contributed by atoms with Crippen LogP contribution in [0.4, 0.5) is 5.82 Å². The molecule has 3 N–H and O–H groups in total. The zero-order valence-corrected chi connectivity index (χ0v) is 13.0. The van der Waals surface area contributed by atoms with E-state index in [1.807, 2.05) is 19.1 Å². The Hall–Kier alpha value is -3.29. The number of rotatable bonds is 5. The molecule has 0 aliphatic carbocycles. The van der Waals surface area contributed by atoms with Crippen LogP contribution in [0.2, 0.25) is 0 Å². The summed E-state index contributed by atoms with van der Waals surface area (Å²) in [5.41, 5.74) is 2.60. The number of nitrogens with zero attached hydrogens (tertiary/aromatic N) is 3. The van der Waals surface area contributed by atoms with Crippen molar-refractivity contribution in [3.05, 3.63) is 47.7 Å². The maximum absolute atomic E-state index is 12.1. The number of benzene rings is 1. The summed E-state index contributed by atoms with van der Waals surface area (Å²) in [7, 11) is 0. The SMILES string of the molecule is Cc1cccc(NC(=O)CCNC(=O)c2ccc3n[nH]nc3c2)n1. The minimum atomic E-state index is -0.263. The van der Waals surface area contributed by atoms with Crippen LogP contribution in [0.3, 0.4) is 0 Å². The van der Waals surface area contributed by atoms with E-state index < -0.39 is 0 Å². The minimum absolute atomic E-state index is 0.160. The number of fused-ring (bicyclic) bond motifs is 1. The van der Waals surface area contributed by atoms with Crippen LogP contribution >= 0.6 is 0 Å². The van der Waals surface area contributed by atoms with Crippen LogP contribution in [0.1, 0.15) is 22.5 Å². The van der Waals surface area contributed by atoms with E-state index in [4.69, 9.17) is 0 Å². The quantitative estimate of drug-likeness (QED) is 0.657. The first kappa shape index (κ1) is 15.6. The Morgan fingerprint density at radius 3 is 2.79 bits per heavy atom. The maximum Gasteiger partial charge on any atom is 0.251 e. The Labute approximate surface area is 137 Å². The second kappa shape index (κ2) is 6.86. The van der Waals surface area contributed by atoms with Gasteiger partial charge in [-0.25, -0.2) is 4.98 Å². The lowest BCUT2D eigenvalue weighted by atomic mass is 10.2. The van der Waals surface area contributed by atoms with Crippen molar-refractivity contribution in [3.8, 4) is 0 Å². The summed E-state index contributed by atoms with van der Waals surface area (Å²) in [5.74, 6) is 0.0320. The lowest BCUT2D eigenvalue weighted by Gasteiger charge is -2.07. The monoisotopic (exact) mass is 324 g/mol. The minimum Gasteiger partial charge on any atom is -0.352 e. The smallest absolute Gasteiger partial charge is 0.251 e. The first-order chi connectivity index (χ1) is 11.6. The first-order valence-electron chi connectivity index (χ1n) is 7.44. The van der Waals surface area contributed by atoms with Gasteiger partial charge in [-0.2, -0.15) is 15.4 Å². The predicted molar refractivity (Wildman–Crippen MR) is 88.4 cm³/mol. The molecule has 3 aromatic rings. The van der Waals surface area contributed by atoms with Gasteiger partial charge in [-0.3, -0.25) is 9.59 Å². The molecule has 0 aliphatic rings. The second-order valence-electron chi connectivity index (χ2n) is 5.25. The van der Waals surface area contributed by atoms with Gasteiger partial charge in [-0.15, -0.1) is 0 Å². The van der Waals surface area contributed by atoms with Crippen LogP contribution in [-0.4, -0.2) is 38.8 Å². The molecule has 1 aromatic carbocycles.